The molecule has 0 amide bonds. The lowest BCUT2D eigenvalue weighted by molar-refractivity contribution is 0.140. The smallest absolute Gasteiger partial charge is 0.252 e. The summed E-state index contributed by atoms with van der Waals surface area (Å²) in [5, 5.41) is 0. The van der Waals surface area contributed by atoms with Crippen molar-refractivity contribution in [1.29, 1.82) is 0 Å². The van der Waals surface area contributed by atoms with Crippen LogP contribution >= 0.6 is 0 Å². The number of anilines is 5. The highest BCUT2D eigenvalue weighted by atomic mass is 15.2. The van der Waals surface area contributed by atoms with Crippen LogP contribution in [0, 0.1) is 23.7 Å². The number of aryl methyl sites for hydroxylation is 1. The predicted octanol–water partition coefficient (Wildman–Crippen LogP) is 10.9. The van der Waals surface area contributed by atoms with E-state index in [-0.39, 0.29) is 33.8 Å². The van der Waals surface area contributed by atoms with E-state index < -0.39 is 0 Å². The molecule has 0 spiro atoms. The Labute approximate surface area is 303 Å². The number of rotatable bonds is 2. The molecule has 2 saturated carbocycles. The van der Waals surface area contributed by atoms with Gasteiger partial charge >= 0.3 is 0 Å². The van der Waals surface area contributed by atoms with Crippen molar-refractivity contribution >= 4 is 51.5 Å². The summed E-state index contributed by atoms with van der Waals surface area (Å²) < 4.78 is 0. The lowest BCUT2D eigenvalue weighted by Crippen LogP contribution is -2.65. The van der Waals surface area contributed by atoms with Crippen molar-refractivity contribution in [2.75, 3.05) is 9.80 Å². The summed E-state index contributed by atoms with van der Waals surface area (Å²) in [5.41, 5.74) is 17.3. The Kier molecular flexibility index (Phi) is 7.11. The van der Waals surface area contributed by atoms with Gasteiger partial charge in [0.1, 0.15) is 0 Å². The molecule has 0 aromatic heterocycles. The highest BCUT2D eigenvalue weighted by Crippen LogP contribution is 2.65. The molecule has 0 saturated heterocycles. The van der Waals surface area contributed by atoms with Crippen LogP contribution < -0.4 is 26.2 Å². The monoisotopic (exact) mass is 662 g/mol. The third-order valence-electron chi connectivity index (χ3n) is 13.4. The maximum Gasteiger partial charge on any atom is 0.252 e. The fourth-order valence-electron chi connectivity index (χ4n) is 10.7. The fourth-order valence-corrected chi connectivity index (χ4v) is 10.7. The zero-order valence-electron chi connectivity index (χ0n) is 33.2. The first-order chi connectivity index (χ1) is 23.2. The van der Waals surface area contributed by atoms with Gasteiger partial charge in [-0.15, -0.1) is 0 Å². The molecule has 2 fully saturated rings. The largest absolute Gasteiger partial charge is 0.338 e. The summed E-state index contributed by atoms with van der Waals surface area (Å²) in [4.78, 5) is 5.48. The van der Waals surface area contributed by atoms with Crippen molar-refractivity contribution in [1.82, 2.24) is 0 Å². The first-order valence-electron chi connectivity index (χ1n) is 19.3. The molecule has 4 aromatic rings. The molecular formula is C47H59BN2. The second-order valence-electron chi connectivity index (χ2n) is 20.5. The van der Waals surface area contributed by atoms with E-state index >= 15 is 0 Å². The predicted molar refractivity (Wildman–Crippen MR) is 218 cm³/mol. The fraction of sp³-hybridized carbons (Fsp3) is 0.489. The molecular weight excluding hydrogens is 603 g/mol. The minimum absolute atomic E-state index is 0.0447. The van der Waals surface area contributed by atoms with Crippen LogP contribution in [-0.2, 0) is 16.2 Å². The van der Waals surface area contributed by atoms with E-state index in [0.29, 0.717) is 6.04 Å². The lowest BCUT2D eigenvalue weighted by Gasteiger charge is -2.54. The topological polar surface area (TPSA) is 6.48 Å². The highest BCUT2D eigenvalue weighted by Gasteiger charge is 2.62. The summed E-state index contributed by atoms with van der Waals surface area (Å²) in [7, 11) is 0. The van der Waals surface area contributed by atoms with Crippen molar-refractivity contribution in [3.05, 3.63) is 95.1 Å². The van der Waals surface area contributed by atoms with Crippen molar-refractivity contribution < 1.29 is 0 Å². The van der Waals surface area contributed by atoms with Gasteiger partial charge < -0.3 is 9.80 Å². The molecule has 2 aliphatic heterocycles. The molecule has 4 aliphatic rings. The molecule has 0 radical (unpaired) electrons. The van der Waals surface area contributed by atoms with E-state index in [1.54, 1.807) is 0 Å². The molecule has 3 heteroatoms. The summed E-state index contributed by atoms with van der Waals surface area (Å²) in [6.07, 6.45) is 4.01. The number of hydrogen-bond donors (Lipinski definition) is 0. The van der Waals surface area contributed by atoms with Crippen molar-refractivity contribution in [3.63, 3.8) is 0 Å². The van der Waals surface area contributed by atoms with Gasteiger partial charge in [0, 0.05) is 34.5 Å². The Balaban J connectivity index is 1.47. The summed E-state index contributed by atoms with van der Waals surface area (Å²) in [5.74, 6) is 0.765. The minimum atomic E-state index is 0.0447. The summed E-state index contributed by atoms with van der Waals surface area (Å²) >= 11 is 0. The van der Waals surface area contributed by atoms with Crippen LogP contribution in [0.25, 0.3) is 0 Å². The Morgan fingerprint density at radius 3 is 1.68 bits per heavy atom. The first kappa shape index (κ1) is 33.7. The van der Waals surface area contributed by atoms with Gasteiger partial charge in [0.2, 0.25) is 0 Å². The number of hydrogen-bond acceptors (Lipinski definition) is 2. The number of fused-ring (bicyclic) bond motifs is 6. The number of nitrogens with zero attached hydrogens (tertiary/aromatic N) is 2. The van der Waals surface area contributed by atoms with Gasteiger partial charge in [0.15, 0.2) is 0 Å². The van der Waals surface area contributed by atoms with Crippen LogP contribution in [-0.4, -0.2) is 12.8 Å². The van der Waals surface area contributed by atoms with Gasteiger partial charge in [-0.2, -0.15) is 0 Å². The Hall–Kier alpha value is -3.46. The molecule has 3 unspecified atom stereocenters. The Bertz CT molecular complexity index is 2010. The van der Waals surface area contributed by atoms with Gasteiger partial charge in [-0.1, -0.05) is 119 Å². The van der Waals surface area contributed by atoms with E-state index in [1.165, 1.54) is 86.3 Å². The van der Waals surface area contributed by atoms with E-state index in [2.05, 4.69) is 173 Å². The van der Waals surface area contributed by atoms with Crippen LogP contribution in [0.15, 0.2) is 72.8 Å². The summed E-state index contributed by atoms with van der Waals surface area (Å²) in [6, 6.07) is 29.8. The zero-order valence-corrected chi connectivity index (χ0v) is 33.2. The molecule has 3 atom stereocenters. The van der Waals surface area contributed by atoms with Crippen LogP contribution in [0.3, 0.4) is 0 Å². The molecule has 2 nitrogen and oxygen atoms in total. The molecule has 50 heavy (non-hydrogen) atoms. The van der Waals surface area contributed by atoms with Gasteiger partial charge in [0.05, 0.1) is 0 Å². The first-order valence-corrected chi connectivity index (χ1v) is 19.3. The normalized spacial score (nSPS) is 23.6. The molecule has 2 bridgehead atoms. The standard InChI is InChI=1S/C47H59BN2/c1-29-24-39-41-40(25-29)50(42-46(11,12)33-22-23-47(42,13)28-33)38-21-17-32(45(8,9)10)27-36(38)48(41)35-26-31(44(5,6)7)16-20-37(35)49(39)34-18-14-30(15-19-34)43(2,3)4/h14-21,24-27,33,42H,22-23,28H2,1-13H3. The maximum absolute atomic E-state index is 2.88. The molecule has 4 aromatic carbocycles. The van der Waals surface area contributed by atoms with E-state index in [1.807, 2.05) is 0 Å². The Morgan fingerprint density at radius 2 is 1.14 bits per heavy atom. The average Bonchev–Trinajstić information content (AvgIpc) is 3.51. The quantitative estimate of drug-likeness (QED) is 0.174. The molecule has 2 heterocycles. The lowest BCUT2D eigenvalue weighted by atomic mass is 9.33. The van der Waals surface area contributed by atoms with Crippen molar-refractivity contribution in [2.45, 2.75) is 132 Å². The van der Waals surface area contributed by atoms with E-state index in [9.17, 15) is 0 Å². The molecule has 2 aliphatic carbocycles. The van der Waals surface area contributed by atoms with Gasteiger partial charge in [-0.25, -0.2) is 0 Å². The Morgan fingerprint density at radius 1 is 0.620 bits per heavy atom. The molecule has 260 valence electrons. The van der Waals surface area contributed by atoms with Crippen LogP contribution in [0.5, 0.6) is 0 Å². The molecule has 8 rings (SSSR count). The van der Waals surface area contributed by atoms with Crippen LogP contribution in [0.2, 0.25) is 0 Å². The third kappa shape index (κ3) is 4.88. The second-order valence-corrected chi connectivity index (χ2v) is 20.5. The zero-order chi connectivity index (χ0) is 35.9. The third-order valence-corrected chi connectivity index (χ3v) is 13.4. The molecule has 0 N–H and O–H groups in total. The summed E-state index contributed by atoms with van der Waals surface area (Å²) in [6.45, 7) is 31.3. The van der Waals surface area contributed by atoms with Gasteiger partial charge in [-0.3, -0.25) is 0 Å². The van der Waals surface area contributed by atoms with Crippen molar-refractivity contribution in [2.24, 2.45) is 16.7 Å². The van der Waals surface area contributed by atoms with Crippen LogP contribution in [0.4, 0.5) is 28.4 Å². The second kappa shape index (κ2) is 10.6. The van der Waals surface area contributed by atoms with Gasteiger partial charge in [-0.05, 0) is 134 Å². The van der Waals surface area contributed by atoms with Gasteiger partial charge in [0.25, 0.3) is 6.71 Å². The number of benzene rings is 4. The average molecular weight is 663 g/mol. The van der Waals surface area contributed by atoms with E-state index in [0.717, 1.165) is 5.92 Å². The van der Waals surface area contributed by atoms with Crippen LogP contribution in [0.1, 0.15) is 125 Å². The SMILES string of the molecule is Cc1cc2c3c(c1)N(C1C4(C)CCC(C4)C1(C)C)c1ccc(C(C)(C)C)cc1B3c1cc(C(C)(C)C)ccc1N2c1ccc(C(C)(C)C)cc1. The van der Waals surface area contributed by atoms with Crippen molar-refractivity contribution in [3.8, 4) is 0 Å². The maximum atomic E-state index is 2.88. The minimum Gasteiger partial charge on any atom is -0.338 e. The van der Waals surface area contributed by atoms with E-state index in [4.69, 9.17) is 0 Å². The highest BCUT2D eigenvalue weighted by molar-refractivity contribution is 7.00.